The van der Waals surface area contributed by atoms with E-state index in [1.165, 1.54) is 0 Å². The van der Waals surface area contributed by atoms with Crippen molar-refractivity contribution >= 4 is 22.5 Å². The molecule has 0 fully saturated rings. The van der Waals surface area contributed by atoms with E-state index in [0.717, 1.165) is 28.6 Å². The summed E-state index contributed by atoms with van der Waals surface area (Å²) >= 11 is 0. The summed E-state index contributed by atoms with van der Waals surface area (Å²) in [6.45, 7) is 4.10. The van der Waals surface area contributed by atoms with E-state index >= 15 is 0 Å². The molecule has 0 bridgehead atoms. The highest BCUT2D eigenvalue weighted by Gasteiger charge is 2.31. The number of nitrogens with one attached hydrogen (secondary N) is 1. The first-order valence-electron chi connectivity index (χ1n) is 7.71. The third-order valence-corrected chi connectivity index (χ3v) is 4.13. The van der Waals surface area contributed by atoms with E-state index in [9.17, 15) is 4.79 Å². The lowest BCUT2D eigenvalue weighted by atomic mass is 9.86. The summed E-state index contributed by atoms with van der Waals surface area (Å²) in [7, 11) is 0. The zero-order valence-electron chi connectivity index (χ0n) is 13.1. The topological polar surface area (TPSA) is 58.1 Å². The van der Waals surface area contributed by atoms with Gasteiger partial charge in [-0.05, 0) is 38.0 Å². The van der Waals surface area contributed by atoms with E-state index in [1.807, 2.05) is 42.5 Å². The van der Waals surface area contributed by atoms with E-state index in [-0.39, 0.29) is 11.3 Å². The lowest BCUT2D eigenvalue weighted by Crippen LogP contribution is -2.32. The largest absolute Gasteiger partial charge is 0.335 e. The fourth-order valence-electron chi connectivity index (χ4n) is 3.12. The Morgan fingerprint density at radius 3 is 2.65 bits per heavy atom. The van der Waals surface area contributed by atoms with Crippen LogP contribution in [0.3, 0.4) is 0 Å². The molecule has 23 heavy (non-hydrogen) atoms. The number of para-hydroxylation sites is 2. The van der Waals surface area contributed by atoms with Crippen molar-refractivity contribution in [1.29, 1.82) is 0 Å². The first kappa shape index (κ1) is 13.9. The van der Waals surface area contributed by atoms with Gasteiger partial charge in [0, 0.05) is 5.56 Å². The summed E-state index contributed by atoms with van der Waals surface area (Å²) in [6, 6.07) is 15.6. The fourth-order valence-corrected chi connectivity index (χ4v) is 3.12. The maximum Gasteiger partial charge on any atom is 0.246 e. The summed E-state index contributed by atoms with van der Waals surface area (Å²) < 4.78 is 0. The van der Waals surface area contributed by atoms with Crippen molar-refractivity contribution in [3.05, 3.63) is 65.5 Å². The Hall–Kier alpha value is -2.75. The van der Waals surface area contributed by atoms with E-state index in [4.69, 9.17) is 4.99 Å². The average molecular weight is 303 g/mol. The third-order valence-electron chi connectivity index (χ3n) is 4.13. The van der Waals surface area contributed by atoms with E-state index in [1.54, 1.807) is 0 Å². The van der Waals surface area contributed by atoms with Gasteiger partial charge in [0.2, 0.25) is 5.78 Å². The normalized spacial score (nSPS) is 16.0. The number of aromatic nitrogens is 2. The van der Waals surface area contributed by atoms with Crippen LogP contribution < -0.4 is 0 Å². The molecule has 0 spiro atoms. The van der Waals surface area contributed by atoms with Gasteiger partial charge in [0.1, 0.15) is 5.71 Å². The van der Waals surface area contributed by atoms with E-state index in [0.29, 0.717) is 11.5 Å². The number of benzene rings is 2. The molecule has 0 saturated carbocycles. The molecule has 0 atom stereocenters. The van der Waals surface area contributed by atoms with Crippen molar-refractivity contribution in [2.24, 2.45) is 4.99 Å². The number of rotatable bonds is 2. The van der Waals surface area contributed by atoms with Crippen LogP contribution in [0.4, 0.5) is 0 Å². The summed E-state index contributed by atoms with van der Waals surface area (Å²) in [6.07, 6.45) is 0.833. The predicted molar refractivity (Wildman–Crippen MR) is 91.2 cm³/mol. The Balaban J connectivity index is 1.84. The smallest absolute Gasteiger partial charge is 0.246 e. The van der Waals surface area contributed by atoms with E-state index in [2.05, 4.69) is 29.9 Å². The maximum absolute atomic E-state index is 13.0. The van der Waals surface area contributed by atoms with E-state index < -0.39 is 0 Å². The second kappa shape index (κ2) is 4.88. The third kappa shape index (κ3) is 2.36. The number of Topliss-reactive ketones (excluding diaryl/α,β-unsaturated/α-hetero) is 1. The fraction of sp³-hybridized carbons (Fsp3) is 0.211. The number of fused-ring (bicyclic) bond motifs is 2. The molecule has 1 aliphatic heterocycles. The minimum Gasteiger partial charge on any atom is -0.335 e. The van der Waals surface area contributed by atoms with Gasteiger partial charge in [0.05, 0.1) is 16.6 Å². The SMILES string of the molecule is CC1(C)Cc2ccccc2C(C(=O)c2nc3ccccc3[nH]2)=N1. The lowest BCUT2D eigenvalue weighted by Gasteiger charge is -2.28. The number of H-pyrrole nitrogens is 1. The molecule has 0 unspecified atom stereocenters. The molecule has 0 saturated heterocycles. The molecule has 1 aromatic heterocycles. The summed E-state index contributed by atoms with van der Waals surface area (Å²) in [5, 5.41) is 0. The Kier molecular flexibility index (Phi) is 2.94. The zero-order chi connectivity index (χ0) is 16.0. The van der Waals surface area contributed by atoms with Crippen molar-refractivity contribution in [2.75, 3.05) is 0 Å². The molecule has 0 amide bonds. The Labute approximate surface area is 134 Å². The number of hydrogen-bond acceptors (Lipinski definition) is 3. The molecule has 0 radical (unpaired) electrons. The maximum atomic E-state index is 13.0. The van der Waals surface area contributed by atoms with Crippen LogP contribution in [0.2, 0.25) is 0 Å². The molecule has 1 N–H and O–H groups in total. The molecule has 1 aliphatic rings. The average Bonchev–Trinajstić information content (AvgIpc) is 2.96. The minimum absolute atomic E-state index is 0.151. The Morgan fingerprint density at radius 1 is 1.09 bits per heavy atom. The van der Waals surface area contributed by atoms with Crippen LogP contribution in [0.5, 0.6) is 0 Å². The van der Waals surface area contributed by atoms with Crippen molar-refractivity contribution in [3.8, 4) is 0 Å². The van der Waals surface area contributed by atoms with Crippen LogP contribution in [0.25, 0.3) is 11.0 Å². The van der Waals surface area contributed by atoms with Gasteiger partial charge in [-0.1, -0.05) is 36.4 Å². The standard InChI is InChI=1S/C19H17N3O/c1-19(2)11-12-7-3-4-8-13(12)16(22-19)17(23)18-20-14-9-5-6-10-15(14)21-18/h3-10H,11H2,1-2H3,(H,20,21). The molecule has 2 heterocycles. The second-order valence-corrected chi connectivity index (χ2v) is 6.54. The lowest BCUT2D eigenvalue weighted by molar-refractivity contribution is 0.105. The summed E-state index contributed by atoms with van der Waals surface area (Å²) in [5.74, 6) is 0.193. The number of nitrogens with zero attached hydrogens (tertiary/aromatic N) is 2. The quantitative estimate of drug-likeness (QED) is 0.736. The molecule has 2 aromatic carbocycles. The molecule has 3 aromatic rings. The van der Waals surface area contributed by atoms with Crippen LogP contribution in [-0.4, -0.2) is 27.0 Å². The number of carbonyl (C=O) groups is 1. The predicted octanol–water partition coefficient (Wildman–Crippen LogP) is 3.57. The first-order chi connectivity index (χ1) is 11.0. The molecular weight excluding hydrogens is 286 g/mol. The minimum atomic E-state index is -0.286. The molecule has 0 aliphatic carbocycles. The zero-order valence-corrected chi connectivity index (χ0v) is 13.1. The van der Waals surface area contributed by atoms with Crippen molar-refractivity contribution in [1.82, 2.24) is 9.97 Å². The monoisotopic (exact) mass is 303 g/mol. The van der Waals surface area contributed by atoms with Gasteiger partial charge < -0.3 is 4.98 Å². The number of hydrogen-bond donors (Lipinski definition) is 1. The molecule has 4 rings (SSSR count). The van der Waals surface area contributed by atoms with Gasteiger partial charge in [-0.3, -0.25) is 9.79 Å². The number of imidazole rings is 1. The van der Waals surface area contributed by atoms with Crippen LogP contribution in [0.1, 0.15) is 35.6 Å². The van der Waals surface area contributed by atoms with Gasteiger partial charge >= 0.3 is 0 Å². The molecule has 4 nitrogen and oxygen atoms in total. The highest BCUT2D eigenvalue weighted by Crippen LogP contribution is 2.28. The van der Waals surface area contributed by atoms with Gasteiger partial charge in [-0.15, -0.1) is 0 Å². The second-order valence-electron chi connectivity index (χ2n) is 6.54. The molecule has 4 heteroatoms. The molecular formula is C19H17N3O. The number of aromatic amines is 1. The van der Waals surface area contributed by atoms with Gasteiger partial charge in [-0.25, -0.2) is 4.98 Å². The Morgan fingerprint density at radius 2 is 1.83 bits per heavy atom. The van der Waals surface area contributed by atoms with Crippen LogP contribution in [0.15, 0.2) is 53.5 Å². The summed E-state index contributed by atoms with van der Waals surface area (Å²) in [4.78, 5) is 25.2. The first-order valence-corrected chi connectivity index (χ1v) is 7.71. The highest BCUT2D eigenvalue weighted by molar-refractivity contribution is 6.51. The number of aliphatic imine (C=N–C) groups is 1. The highest BCUT2D eigenvalue weighted by atomic mass is 16.1. The van der Waals surface area contributed by atoms with Crippen molar-refractivity contribution in [2.45, 2.75) is 25.8 Å². The Bertz CT molecular complexity index is 917. The van der Waals surface area contributed by atoms with Crippen LogP contribution in [-0.2, 0) is 6.42 Å². The van der Waals surface area contributed by atoms with Gasteiger partial charge in [0.15, 0.2) is 5.82 Å². The van der Waals surface area contributed by atoms with Crippen LogP contribution in [0, 0.1) is 0 Å². The van der Waals surface area contributed by atoms with Crippen LogP contribution >= 0.6 is 0 Å². The van der Waals surface area contributed by atoms with Crippen molar-refractivity contribution < 1.29 is 4.79 Å². The number of ketones is 1. The van der Waals surface area contributed by atoms with Gasteiger partial charge in [0.25, 0.3) is 0 Å². The molecule has 114 valence electrons. The summed E-state index contributed by atoms with van der Waals surface area (Å²) in [5.41, 5.74) is 3.94. The van der Waals surface area contributed by atoms with Gasteiger partial charge in [-0.2, -0.15) is 0 Å². The number of carbonyl (C=O) groups excluding carboxylic acids is 1. The van der Waals surface area contributed by atoms with Crippen molar-refractivity contribution in [3.63, 3.8) is 0 Å².